The van der Waals surface area contributed by atoms with Crippen molar-refractivity contribution in [3.8, 4) is 0 Å². The molecule has 1 aromatic heterocycles. The summed E-state index contributed by atoms with van der Waals surface area (Å²) in [6.07, 6.45) is 1.43. The van der Waals surface area contributed by atoms with Crippen LogP contribution < -0.4 is 10.6 Å². The van der Waals surface area contributed by atoms with Gasteiger partial charge >= 0.3 is 0 Å². The fraction of sp³-hybridized carbons (Fsp3) is 0.312. The number of hydrogen-bond acceptors (Lipinski definition) is 4. The molecule has 0 radical (unpaired) electrons. The number of carbonyl (C=O) groups is 1. The van der Waals surface area contributed by atoms with Crippen molar-refractivity contribution in [2.24, 2.45) is 5.92 Å². The molecule has 0 fully saturated rings. The lowest BCUT2D eigenvalue weighted by Gasteiger charge is -2.12. The first-order chi connectivity index (χ1) is 11.5. The molecule has 8 heteroatoms. The van der Waals surface area contributed by atoms with Gasteiger partial charge in [-0.05, 0) is 37.1 Å². The lowest BCUT2D eigenvalue weighted by atomic mass is 10.0. The van der Waals surface area contributed by atoms with E-state index in [2.05, 4.69) is 20.8 Å². The van der Waals surface area contributed by atoms with E-state index in [4.69, 9.17) is 0 Å². The van der Waals surface area contributed by atoms with Crippen molar-refractivity contribution in [1.82, 2.24) is 10.2 Å². The number of carbonyl (C=O) groups excluding carboxylic acids is 1. The molecule has 0 aliphatic heterocycles. The van der Waals surface area contributed by atoms with Crippen molar-refractivity contribution >= 4 is 23.2 Å². The summed E-state index contributed by atoms with van der Waals surface area (Å²) in [5.41, 5.74) is -0.267. The van der Waals surface area contributed by atoms with E-state index < -0.39 is 17.5 Å². The van der Waals surface area contributed by atoms with Crippen LogP contribution in [0.25, 0.3) is 0 Å². The quantitative estimate of drug-likeness (QED) is 0.781. The minimum atomic E-state index is -1.57. The summed E-state index contributed by atoms with van der Waals surface area (Å²) in [7, 11) is 0. The van der Waals surface area contributed by atoms with Crippen molar-refractivity contribution in [2.75, 3.05) is 10.6 Å². The van der Waals surface area contributed by atoms with Gasteiger partial charge in [-0.2, -0.15) is 0 Å². The fourth-order valence-corrected chi connectivity index (χ4v) is 2.11. The van der Waals surface area contributed by atoms with Crippen LogP contribution in [0.4, 0.5) is 30.5 Å². The number of halogens is 3. The molecule has 0 saturated carbocycles. The van der Waals surface area contributed by atoms with Gasteiger partial charge in [-0.1, -0.05) is 13.8 Å². The van der Waals surface area contributed by atoms with E-state index in [0.717, 1.165) is 12.1 Å². The zero-order valence-corrected chi connectivity index (χ0v) is 13.2. The van der Waals surface area contributed by atoms with E-state index in [1.165, 1.54) is 12.1 Å². The van der Waals surface area contributed by atoms with Gasteiger partial charge in [0.1, 0.15) is 0 Å². The van der Waals surface area contributed by atoms with Crippen LogP contribution in [0.1, 0.15) is 26.7 Å². The normalized spacial score (nSPS) is 10.8. The highest BCUT2D eigenvalue weighted by molar-refractivity contribution is 5.91. The van der Waals surface area contributed by atoms with Gasteiger partial charge < -0.3 is 10.6 Å². The smallest absolute Gasteiger partial charge is 0.228 e. The van der Waals surface area contributed by atoms with Crippen LogP contribution in [0.3, 0.4) is 0 Å². The molecular weight excluding hydrogens is 321 g/mol. The van der Waals surface area contributed by atoms with Crippen LogP contribution in [0.15, 0.2) is 24.3 Å². The molecular formula is C16H17F3N4O. The van der Waals surface area contributed by atoms with Gasteiger partial charge in [0.15, 0.2) is 29.1 Å². The number of amides is 1. The van der Waals surface area contributed by atoms with Gasteiger partial charge in [-0.25, -0.2) is 13.2 Å². The molecule has 0 aliphatic rings. The van der Waals surface area contributed by atoms with E-state index in [1.54, 1.807) is 0 Å². The Morgan fingerprint density at radius 1 is 1.00 bits per heavy atom. The summed E-state index contributed by atoms with van der Waals surface area (Å²) in [5.74, 6) is -4.07. The third-order valence-electron chi connectivity index (χ3n) is 3.57. The largest absolute Gasteiger partial charge is 0.336 e. The Kier molecular flexibility index (Phi) is 5.73. The average molecular weight is 338 g/mol. The van der Waals surface area contributed by atoms with Gasteiger partial charge in [-0.3, -0.25) is 4.79 Å². The standard InChI is InChI=1S/C16H17F3N4O/c1-3-9(4-2)16(24)21-13-8-7-12(22-23-13)20-11-6-5-10(17)14(18)15(11)19/h5-9H,3-4H2,1-2H3,(H,20,22)(H,21,23,24). The lowest BCUT2D eigenvalue weighted by Crippen LogP contribution is -2.22. The molecule has 0 unspecified atom stereocenters. The number of aromatic nitrogens is 2. The molecule has 2 N–H and O–H groups in total. The van der Waals surface area contributed by atoms with Crippen molar-refractivity contribution in [1.29, 1.82) is 0 Å². The van der Waals surface area contributed by atoms with Gasteiger partial charge in [0, 0.05) is 5.92 Å². The molecule has 1 aromatic carbocycles. The first-order valence-corrected chi connectivity index (χ1v) is 7.51. The Hall–Kier alpha value is -2.64. The van der Waals surface area contributed by atoms with Gasteiger partial charge in [-0.15, -0.1) is 10.2 Å². The second-order valence-electron chi connectivity index (χ2n) is 5.15. The van der Waals surface area contributed by atoms with Crippen LogP contribution in [0.5, 0.6) is 0 Å². The molecule has 0 bridgehead atoms. The molecule has 0 saturated heterocycles. The van der Waals surface area contributed by atoms with Crippen molar-refractivity contribution in [2.45, 2.75) is 26.7 Å². The van der Waals surface area contributed by atoms with E-state index in [1.807, 2.05) is 13.8 Å². The molecule has 1 heterocycles. The Balaban J connectivity index is 2.07. The highest BCUT2D eigenvalue weighted by atomic mass is 19.2. The summed E-state index contributed by atoms with van der Waals surface area (Å²) >= 11 is 0. The molecule has 1 amide bonds. The number of anilines is 3. The molecule has 0 atom stereocenters. The number of hydrogen-bond donors (Lipinski definition) is 2. The molecule has 128 valence electrons. The maximum atomic E-state index is 13.6. The number of benzene rings is 1. The van der Waals surface area contributed by atoms with Crippen LogP contribution in [0.2, 0.25) is 0 Å². The van der Waals surface area contributed by atoms with Gasteiger partial charge in [0.05, 0.1) is 5.69 Å². The number of nitrogens with one attached hydrogen (secondary N) is 2. The highest BCUT2D eigenvalue weighted by Crippen LogP contribution is 2.22. The van der Waals surface area contributed by atoms with Crippen molar-refractivity contribution < 1.29 is 18.0 Å². The highest BCUT2D eigenvalue weighted by Gasteiger charge is 2.16. The van der Waals surface area contributed by atoms with E-state index in [-0.39, 0.29) is 29.1 Å². The van der Waals surface area contributed by atoms with E-state index in [9.17, 15) is 18.0 Å². The predicted octanol–water partition coefficient (Wildman–Crippen LogP) is 4.01. The van der Waals surface area contributed by atoms with Crippen molar-refractivity contribution in [3.05, 3.63) is 41.7 Å². The Bertz CT molecular complexity index is 718. The molecule has 0 spiro atoms. The maximum absolute atomic E-state index is 13.6. The summed E-state index contributed by atoms with van der Waals surface area (Å²) in [5, 5.41) is 12.7. The minimum absolute atomic E-state index is 0.110. The number of rotatable bonds is 6. The summed E-state index contributed by atoms with van der Waals surface area (Å²) < 4.78 is 39.6. The molecule has 0 aliphatic carbocycles. The maximum Gasteiger partial charge on any atom is 0.228 e. The number of nitrogens with zero attached hydrogens (tertiary/aromatic N) is 2. The van der Waals surface area contributed by atoms with Gasteiger partial charge in [0.25, 0.3) is 0 Å². The lowest BCUT2D eigenvalue weighted by molar-refractivity contribution is -0.120. The summed E-state index contributed by atoms with van der Waals surface area (Å²) in [6.45, 7) is 3.84. The Labute approximate surface area is 137 Å². The van der Waals surface area contributed by atoms with Crippen molar-refractivity contribution in [3.63, 3.8) is 0 Å². The fourth-order valence-electron chi connectivity index (χ4n) is 2.11. The predicted molar refractivity (Wildman–Crippen MR) is 84.3 cm³/mol. The summed E-state index contributed by atoms with van der Waals surface area (Å²) in [6, 6.07) is 4.78. The third kappa shape index (κ3) is 4.01. The first kappa shape index (κ1) is 17.7. The Morgan fingerprint density at radius 2 is 1.62 bits per heavy atom. The molecule has 2 rings (SSSR count). The molecule has 24 heavy (non-hydrogen) atoms. The van der Waals surface area contributed by atoms with Gasteiger partial charge in [0.2, 0.25) is 5.91 Å². The third-order valence-corrected chi connectivity index (χ3v) is 3.57. The SMILES string of the molecule is CCC(CC)C(=O)Nc1ccc(Nc2ccc(F)c(F)c2F)nn1. The molecule has 5 nitrogen and oxygen atoms in total. The van der Waals surface area contributed by atoms with Crippen LogP contribution in [0, 0.1) is 23.4 Å². The molecule has 2 aromatic rings. The second kappa shape index (κ2) is 7.76. The zero-order valence-electron chi connectivity index (χ0n) is 13.2. The minimum Gasteiger partial charge on any atom is -0.336 e. The van der Waals surface area contributed by atoms with E-state index in [0.29, 0.717) is 12.8 Å². The zero-order chi connectivity index (χ0) is 17.7. The topological polar surface area (TPSA) is 66.9 Å². The summed E-state index contributed by atoms with van der Waals surface area (Å²) in [4.78, 5) is 11.9. The van der Waals surface area contributed by atoms with Crippen LogP contribution >= 0.6 is 0 Å². The monoisotopic (exact) mass is 338 g/mol. The second-order valence-corrected chi connectivity index (χ2v) is 5.15. The average Bonchev–Trinajstić information content (AvgIpc) is 2.58. The van der Waals surface area contributed by atoms with Crippen LogP contribution in [-0.2, 0) is 4.79 Å². The Morgan fingerprint density at radius 3 is 2.21 bits per heavy atom. The first-order valence-electron chi connectivity index (χ1n) is 7.51. The van der Waals surface area contributed by atoms with E-state index >= 15 is 0 Å². The van der Waals surface area contributed by atoms with Crippen LogP contribution in [-0.4, -0.2) is 16.1 Å².